The third-order valence-electron chi connectivity index (χ3n) is 8.36. The second-order valence-corrected chi connectivity index (χ2v) is 12.0. The van der Waals surface area contributed by atoms with Crippen LogP contribution >= 0.6 is 0 Å². The predicted octanol–water partition coefficient (Wildman–Crippen LogP) is 8.70. The Morgan fingerprint density at radius 2 is 0.841 bits per heavy atom. The maximum absolute atomic E-state index is 5.08. The second kappa shape index (κ2) is 10.7. The molecule has 0 spiro atoms. The van der Waals surface area contributed by atoms with Gasteiger partial charge < -0.3 is 9.97 Å². The van der Waals surface area contributed by atoms with Crippen LogP contribution in [0.25, 0.3) is 11.1 Å². The van der Waals surface area contributed by atoms with Gasteiger partial charge in [0.05, 0.1) is 34.2 Å². The van der Waals surface area contributed by atoms with Crippen LogP contribution in [0.2, 0.25) is 0 Å². The number of hydrogen-bond donors (Lipinski definition) is 2. The van der Waals surface area contributed by atoms with Crippen molar-refractivity contribution in [3.63, 3.8) is 0 Å². The van der Waals surface area contributed by atoms with Gasteiger partial charge in [0.2, 0.25) is 0 Å². The van der Waals surface area contributed by atoms with E-state index in [2.05, 4.69) is 136 Å². The fraction of sp³-hybridized carbons (Fsp3) is 0.150. The molecule has 0 radical (unpaired) electrons. The monoisotopic (exact) mass is 570 g/mol. The molecule has 7 rings (SSSR count). The first-order valence-corrected chi connectivity index (χ1v) is 15.0. The van der Waals surface area contributed by atoms with Gasteiger partial charge in [0.1, 0.15) is 0 Å². The molecule has 0 fully saturated rings. The topological polar surface area (TPSA) is 56.3 Å². The largest absolute Gasteiger partial charge is 0.348 e. The lowest BCUT2D eigenvalue weighted by Crippen LogP contribution is -2.00. The van der Waals surface area contributed by atoms with Crippen molar-refractivity contribution < 1.29 is 0 Å². The number of rotatable bonds is 2. The van der Waals surface area contributed by atoms with Crippen molar-refractivity contribution in [3.8, 4) is 11.8 Å². The number of hydrogen-bond acceptors (Lipinski definition) is 2. The Balaban J connectivity index is 1.44. The smallest absolute Gasteiger partial charge is 0.0902 e. The Morgan fingerprint density at radius 1 is 0.477 bits per heavy atom. The molecule has 3 aliphatic heterocycles. The minimum absolute atomic E-state index is 0.848. The maximum atomic E-state index is 5.08. The first kappa shape index (κ1) is 27.4. The molecule has 4 heteroatoms. The van der Waals surface area contributed by atoms with E-state index in [1.54, 1.807) is 0 Å². The third kappa shape index (κ3) is 4.97. The predicted molar refractivity (Wildman–Crippen MR) is 183 cm³/mol. The molecule has 0 unspecified atom stereocenters. The first-order chi connectivity index (χ1) is 21.2. The number of nitrogens with zero attached hydrogens (tertiary/aromatic N) is 2. The molecule has 4 nitrogen and oxygen atoms in total. The minimum atomic E-state index is 0.848. The Morgan fingerprint density at radius 3 is 1.23 bits per heavy atom. The van der Waals surface area contributed by atoms with Gasteiger partial charge >= 0.3 is 0 Å². The molecular formula is C40H34N4. The Labute approximate surface area is 259 Å². The molecule has 44 heavy (non-hydrogen) atoms. The number of allylic oxidation sites excluding steroid dienone is 6. The summed E-state index contributed by atoms with van der Waals surface area (Å²) in [7, 11) is 0. The average Bonchev–Trinajstić information content (AvgIpc) is 3.78. The van der Waals surface area contributed by atoms with Crippen LogP contribution in [0.3, 0.4) is 0 Å². The zero-order valence-corrected chi connectivity index (χ0v) is 26.0. The summed E-state index contributed by atoms with van der Waals surface area (Å²) in [5.41, 5.74) is 19.3. The number of fused-ring (bicyclic) bond motifs is 6. The summed E-state index contributed by atoms with van der Waals surface area (Å²) in [5, 5.41) is 0. The summed E-state index contributed by atoms with van der Waals surface area (Å²) < 4.78 is 0. The van der Waals surface area contributed by atoms with Crippen LogP contribution in [-0.4, -0.2) is 21.4 Å². The summed E-state index contributed by atoms with van der Waals surface area (Å²) in [6.45, 7) is 13.0. The molecule has 5 heterocycles. The summed E-state index contributed by atoms with van der Waals surface area (Å²) in [6.07, 6.45) is 12.4. The number of benzene rings is 2. The van der Waals surface area contributed by atoms with Crippen molar-refractivity contribution in [2.24, 2.45) is 9.98 Å². The van der Waals surface area contributed by atoms with E-state index >= 15 is 0 Å². The molecule has 2 aromatic carbocycles. The van der Waals surface area contributed by atoms with Crippen molar-refractivity contribution in [2.75, 3.05) is 0 Å². The van der Waals surface area contributed by atoms with E-state index in [0.29, 0.717) is 0 Å². The van der Waals surface area contributed by atoms with Crippen LogP contribution in [0.1, 0.15) is 67.3 Å². The number of aromatic nitrogens is 2. The number of aromatic amines is 2. The average molecular weight is 571 g/mol. The van der Waals surface area contributed by atoms with E-state index in [0.717, 1.165) is 56.7 Å². The van der Waals surface area contributed by atoms with Crippen LogP contribution in [0.5, 0.6) is 0 Å². The summed E-state index contributed by atoms with van der Waals surface area (Å²) in [4.78, 5) is 17.3. The van der Waals surface area contributed by atoms with Crippen LogP contribution in [0.4, 0.5) is 0 Å². The van der Waals surface area contributed by atoms with E-state index in [4.69, 9.17) is 9.98 Å². The molecule has 8 bridgehead atoms. The number of aliphatic imine (C=N–C) groups is 2. The molecule has 2 N–H and O–H groups in total. The zero-order valence-electron chi connectivity index (χ0n) is 26.0. The molecule has 0 saturated heterocycles. The number of H-pyrrole nitrogens is 2. The lowest BCUT2D eigenvalue weighted by atomic mass is 9.91. The van der Waals surface area contributed by atoms with Gasteiger partial charge in [-0.1, -0.05) is 35.4 Å². The first-order valence-electron chi connectivity index (χ1n) is 15.0. The van der Waals surface area contributed by atoms with E-state index in [1.165, 1.54) is 44.5 Å². The second-order valence-electron chi connectivity index (χ2n) is 12.0. The molecule has 0 aliphatic carbocycles. The maximum Gasteiger partial charge on any atom is 0.0902 e. The Kier molecular flexibility index (Phi) is 6.67. The van der Waals surface area contributed by atoms with Gasteiger partial charge in [-0.25, -0.2) is 9.98 Å². The molecule has 3 aliphatic rings. The van der Waals surface area contributed by atoms with Gasteiger partial charge in [0.15, 0.2) is 0 Å². The normalized spacial score (nSPS) is 19.3. The third-order valence-corrected chi connectivity index (χ3v) is 8.36. The van der Waals surface area contributed by atoms with Gasteiger partial charge in [0.25, 0.3) is 0 Å². The number of aryl methyl sites for hydroxylation is 6. The fourth-order valence-corrected chi connectivity index (χ4v) is 6.70. The highest BCUT2D eigenvalue weighted by atomic mass is 14.8. The number of nitrogens with one attached hydrogen (secondary N) is 2. The molecular weight excluding hydrogens is 536 g/mol. The van der Waals surface area contributed by atoms with Gasteiger partial charge in [-0.3, -0.25) is 0 Å². The standard InChI is InChI=1S/C40H34N4/c1-23-19-25(3)37(26(4)20-23)39-33-15-11-29(41-33)7-9-31-13-17-35(43-31)40(38-27(5)21-24(2)22-28(38)6)36-18-14-32(44-36)10-8-30-12-16-34(39)42-30/h7,9,11-22,42,44H,1-6H3/b9-7+,29-7?,31-9?,39-33+,39-34?,40-35+,40-36?. The van der Waals surface area contributed by atoms with E-state index < -0.39 is 0 Å². The highest BCUT2D eigenvalue weighted by Crippen LogP contribution is 2.36. The lowest BCUT2D eigenvalue weighted by Gasteiger charge is -2.16. The van der Waals surface area contributed by atoms with Crippen LogP contribution in [0.15, 0.2) is 106 Å². The zero-order chi connectivity index (χ0) is 30.5. The molecule has 4 aromatic rings. The van der Waals surface area contributed by atoms with Gasteiger partial charge in [-0.15, -0.1) is 0 Å². The Bertz CT molecular complexity index is 1970. The van der Waals surface area contributed by atoms with Crippen LogP contribution < -0.4 is 0 Å². The van der Waals surface area contributed by atoms with E-state index in [1.807, 2.05) is 12.2 Å². The van der Waals surface area contributed by atoms with Crippen LogP contribution in [-0.2, 0) is 0 Å². The van der Waals surface area contributed by atoms with Crippen molar-refractivity contribution in [1.82, 2.24) is 9.97 Å². The molecule has 0 atom stereocenters. The van der Waals surface area contributed by atoms with Gasteiger partial charge in [-0.2, -0.15) is 0 Å². The van der Waals surface area contributed by atoms with Crippen molar-refractivity contribution >= 4 is 22.6 Å². The molecule has 0 saturated carbocycles. The van der Waals surface area contributed by atoms with Crippen molar-refractivity contribution in [3.05, 3.63) is 164 Å². The van der Waals surface area contributed by atoms with E-state index in [-0.39, 0.29) is 0 Å². The minimum Gasteiger partial charge on any atom is -0.348 e. The highest BCUT2D eigenvalue weighted by Gasteiger charge is 2.21. The highest BCUT2D eigenvalue weighted by molar-refractivity contribution is 6.15. The van der Waals surface area contributed by atoms with Crippen molar-refractivity contribution in [2.45, 2.75) is 41.5 Å². The quantitative estimate of drug-likeness (QED) is 0.227. The lowest BCUT2D eigenvalue weighted by molar-refractivity contribution is 1.24. The van der Waals surface area contributed by atoms with Crippen molar-refractivity contribution in [1.29, 1.82) is 0 Å². The van der Waals surface area contributed by atoms with Crippen LogP contribution in [0, 0.1) is 53.4 Å². The molecule has 2 aromatic heterocycles. The summed E-state index contributed by atoms with van der Waals surface area (Å²) >= 11 is 0. The summed E-state index contributed by atoms with van der Waals surface area (Å²) in [6, 6.07) is 17.3. The molecule has 0 amide bonds. The molecule has 214 valence electrons. The van der Waals surface area contributed by atoms with E-state index in [9.17, 15) is 0 Å². The Hall–Kier alpha value is -5.40. The van der Waals surface area contributed by atoms with Gasteiger partial charge in [0, 0.05) is 22.5 Å². The SMILES string of the molecule is Cc1cc(C)c(/C2=C3\C=CC(=N3)/C=C/C3=NC(=C(/c4c(C)cc(C)cc4C)c4ccc([nH]4)C#Cc4ccc2[nH]4)/C=C3)c(C)c1. The fourth-order valence-electron chi connectivity index (χ4n) is 6.70. The summed E-state index contributed by atoms with van der Waals surface area (Å²) in [5.74, 6) is 6.71. The van der Waals surface area contributed by atoms with Gasteiger partial charge in [-0.05, 0) is 147 Å².